The van der Waals surface area contributed by atoms with Gasteiger partial charge in [0.05, 0.1) is 5.69 Å². The molecule has 0 fully saturated rings. The molecule has 2 aromatic rings. The number of hydrogen-bond acceptors (Lipinski definition) is 5. The van der Waals surface area contributed by atoms with E-state index in [1.165, 1.54) is 6.20 Å². The number of nitrogens with zero attached hydrogens (tertiary/aromatic N) is 3. The monoisotopic (exact) mass is 246 g/mol. The highest BCUT2D eigenvalue weighted by Crippen LogP contribution is 2.11. The first-order chi connectivity index (χ1) is 8.60. The van der Waals surface area contributed by atoms with Crippen LogP contribution >= 0.6 is 0 Å². The van der Waals surface area contributed by atoms with E-state index in [2.05, 4.69) is 20.8 Å². The first-order valence-corrected chi connectivity index (χ1v) is 5.35. The molecule has 18 heavy (non-hydrogen) atoms. The highest BCUT2D eigenvalue weighted by atomic mass is 16.1. The fourth-order valence-corrected chi connectivity index (χ4v) is 1.57. The molecule has 0 aliphatic rings. The molecule has 7 heteroatoms. The topological polar surface area (TPSA) is 97.9 Å². The van der Waals surface area contributed by atoms with Gasteiger partial charge in [0.25, 0.3) is 5.91 Å². The Hall–Kier alpha value is -2.41. The lowest BCUT2D eigenvalue weighted by Crippen LogP contribution is -2.16. The smallest absolute Gasteiger partial charge is 0.256 e. The largest absolute Gasteiger partial charge is 0.308 e. The highest BCUT2D eigenvalue weighted by molar-refractivity contribution is 6.04. The second-order valence-electron chi connectivity index (χ2n) is 3.82. The molecule has 94 valence electrons. The fourth-order valence-electron chi connectivity index (χ4n) is 1.57. The molecule has 0 radical (unpaired) electrons. The summed E-state index contributed by atoms with van der Waals surface area (Å²) in [5, 5.41) is 6.91. The van der Waals surface area contributed by atoms with Crippen LogP contribution < -0.4 is 16.6 Å². The average Bonchev–Trinajstić information content (AvgIpc) is 2.68. The maximum Gasteiger partial charge on any atom is 0.256 e. The Labute approximate surface area is 104 Å². The van der Waals surface area contributed by atoms with Gasteiger partial charge in [0.15, 0.2) is 0 Å². The van der Waals surface area contributed by atoms with Gasteiger partial charge in [-0.3, -0.25) is 9.48 Å². The Morgan fingerprint density at radius 2 is 2.22 bits per heavy atom. The first-order valence-electron chi connectivity index (χ1n) is 5.35. The third-order valence-electron chi connectivity index (χ3n) is 2.41. The summed E-state index contributed by atoms with van der Waals surface area (Å²) in [5.74, 6) is 6.07. The fraction of sp³-hybridized carbons (Fsp3) is 0.182. The number of amides is 1. The van der Waals surface area contributed by atoms with Gasteiger partial charge < -0.3 is 10.7 Å². The molecule has 7 nitrogen and oxygen atoms in total. The van der Waals surface area contributed by atoms with Gasteiger partial charge in [0, 0.05) is 24.9 Å². The summed E-state index contributed by atoms with van der Waals surface area (Å²) in [4.78, 5) is 15.9. The van der Waals surface area contributed by atoms with Crippen LogP contribution in [0.5, 0.6) is 0 Å². The number of hydrogen-bond donors (Lipinski definition) is 3. The number of nitrogen functional groups attached to an aromatic ring is 1. The zero-order valence-corrected chi connectivity index (χ0v) is 10.1. The van der Waals surface area contributed by atoms with Gasteiger partial charge in [0.1, 0.15) is 11.6 Å². The predicted molar refractivity (Wildman–Crippen MR) is 67.9 cm³/mol. The van der Waals surface area contributed by atoms with Gasteiger partial charge in [-0.2, -0.15) is 5.10 Å². The van der Waals surface area contributed by atoms with Gasteiger partial charge in [0.2, 0.25) is 0 Å². The highest BCUT2D eigenvalue weighted by Gasteiger charge is 2.10. The molecule has 0 bridgehead atoms. The predicted octanol–water partition coefficient (Wildman–Crippen LogP) is 0.661. The van der Waals surface area contributed by atoms with Gasteiger partial charge in [-0.05, 0) is 19.1 Å². The second kappa shape index (κ2) is 4.84. The normalized spacial score (nSPS) is 10.2. The molecule has 0 aliphatic carbocycles. The third kappa shape index (κ3) is 2.46. The molecule has 2 aromatic heterocycles. The molecule has 1 amide bonds. The van der Waals surface area contributed by atoms with Crippen LogP contribution in [0, 0.1) is 6.92 Å². The number of hydrazine groups is 1. The van der Waals surface area contributed by atoms with Crippen LogP contribution in [0.1, 0.15) is 16.1 Å². The lowest BCUT2D eigenvalue weighted by Gasteiger charge is -2.06. The molecule has 0 unspecified atom stereocenters. The molecule has 0 aromatic carbocycles. The number of anilines is 2. The minimum atomic E-state index is -0.239. The van der Waals surface area contributed by atoms with Crippen LogP contribution in [0.3, 0.4) is 0 Å². The quantitative estimate of drug-likeness (QED) is 0.546. The summed E-state index contributed by atoms with van der Waals surface area (Å²) in [5.41, 5.74) is 3.70. The summed E-state index contributed by atoms with van der Waals surface area (Å²) in [7, 11) is 1.77. The van der Waals surface area contributed by atoms with Crippen LogP contribution in [0.4, 0.5) is 11.6 Å². The van der Waals surface area contributed by atoms with Crippen LogP contribution in [-0.2, 0) is 7.05 Å². The lowest BCUT2D eigenvalue weighted by molar-refractivity contribution is 0.102. The van der Waals surface area contributed by atoms with Gasteiger partial charge >= 0.3 is 0 Å². The van der Waals surface area contributed by atoms with Crippen molar-refractivity contribution in [3.05, 3.63) is 35.7 Å². The Balaban J connectivity index is 2.19. The molecular weight excluding hydrogens is 232 g/mol. The van der Waals surface area contributed by atoms with Crippen molar-refractivity contribution in [1.82, 2.24) is 14.8 Å². The number of aromatic nitrogens is 3. The first kappa shape index (κ1) is 12.1. The number of nitrogens with one attached hydrogen (secondary N) is 2. The third-order valence-corrected chi connectivity index (χ3v) is 2.41. The second-order valence-corrected chi connectivity index (χ2v) is 3.82. The van der Waals surface area contributed by atoms with E-state index < -0.39 is 0 Å². The van der Waals surface area contributed by atoms with Gasteiger partial charge in [-0.15, -0.1) is 0 Å². The van der Waals surface area contributed by atoms with E-state index in [0.29, 0.717) is 17.2 Å². The summed E-state index contributed by atoms with van der Waals surface area (Å²) >= 11 is 0. The van der Waals surface area contributed by atoms with Crippen molar-refractivity contribution >= 4 is 17.5 Å². The van der Waals surface area contributed by atoms with Crippen molar-refractivity contribution in [2.75, 3.05) is 10.7 Å². The van der Waals surface area contributed by atoms with Crippen molar-refractivity contribution < 1.29 is 4.79 Å². The van der Waals surface area contributed by atoms with Crippen molar-refractivity contribution in [2.24, 2.45) is 12.9 Å². The van der Waals surface area contributed by atoms with E-state index in [-0.39, 0.29) is 5.91 Å². The van der Waals surface area contributed by atoms with Crippen LogP contribution in [-0.4, -0.2) is 20.7 Å². The molecule has 0 spiro atoms. The zero-order chi connectivity index (χ0) is 13.1. The Morgan fingerprint density at radius 1 is 1.44 bits per heavy atom. The van der Waals surface area contributed by atoms with E-state index in [1.807, 2.05) is 6.92 Å². The summed E-state index contributed by atoms with van der Waals surface area (Å²) in [6.07, 6.45) is 1.51. The molecule has 2 rings (SSSR count). The minimum Gasteiger partial charge on any atom is -0.308 e. The van der Waals surface area contributed by atoms with E-state index in [4.69, 9.17) is 5.84 Å². The Bertz CT molecular complexity index is 577. The number of carbonyl (C=O) groups excluding carboxylic acids is 1. The lowest BCUT2D eigenvalue weighted by atomic mass is 10.2. The van der Waals surface area contributed by atoms with E-state index >= 15 is 0 Å². The van der Waals surface area contributed by atoms with Crippen LogP contribution in [0.25, 0.3) is 0 Å². The van der Waals surface area contributed by atoms with Crippen molar-refractivity contribution in [3.63, 3.8) is 0 Å². The maximum atomic E-state index is 12.0. The summed E-state index contributed by atoms with van der Waals surface area (Å²) in [6.45, 7) is 1.86. The zero-order valence-electron chi connectivity index (χ0n) is 10.1. The number of aryl methyl sites for hydroxylation is 2. The van der Waals surface area contributed by atoms with E-state index in [0.717, 1.165) is 5.69 Å². The average molecular weight is 246 g/mol. The number of rotatable bonds is 3. The number of pyridine rings is 1. The maximum absolute atomic E-state index is 12.0. The van der Waals surface area contributed by atoms with E-state index in [1.54, 1.807) is 29.9 Å². The SMILES string of the molecule is Cc1cc(NC(=O)c2ccnc(NN)c2)n(C)n1. The van der Waals surface area contributed by atoms with Crippen molar-refractivity contribution in [3.8, 4) is 0 Å². The number of carbonyl (C=O) groups is 1. The standard InChI is InChI=1S/C11H14N6O/c1-7-5-10(17(2)16-7)14-11(18)8-3-4-13-9(6-8)15-12/h3-6H,12H2,1-2H3,(H,13,15)(H,14,18). The number of nitrogens with two attached hydrogens (primary N) is 1. The molecule has 2 heterocycles. The van der Waals surface area contributed by atoms with Crippen LogP contribution in [0.2, 0.25) is 0 Å². The van der Waals surface area contributed by atoms with Crippen LogP contribution in [0.15, 0.2) is 24.4 Å². The molecule has 0 saturated heterocycles. The Morgan fingerprint density at radius 3 is 2.83 bits per heavy atom. The minimum absolute atomic E-state index is 0.239. The van der Waals surface area contributed by atoms with Gasteiger partial charge in [-0.1, -0.05) is 0 Å². The molecule has 0 saturated carbocycles. The van der Waals surface area contributed by atoms with Crippen molar-refractivity contribution in [2.45, 2.75) is 6.92 Å². The molecule has 0 atom stereocenters. The molecular formula is C11H14N6O. The summed E-state index contributed by atoms with van der Waals surface area (Å²) in [6, 6.07) is 4.97. The summed E-state index contributed by atoms with van der Waals surface area (Å²) < 4.78 is 1.61. The Kier molecular flexibility index (Phi) is 3.24. The molecule has 4 N–H and O–H groups in total. The van der Waals surface area contributed by atoms with Crippen molar-refractivity contribution in [1.29, 1.82) is 0 Å². The van der Waals surface area contributed by atoms with E-state index in [9.17, 15) is 4.79 Å². The molecule has 0 aliphatic heterocycles. The van der Waals surface area contributed by atoms with Gasteiger partial charge in [-0.25, -0.2) is 10.8 Å².